The lowest BCUT2D eigenvalue weighted by molar-refractivity contribution is -0.144. The molecule has 0 amide bonds. The molecule has 0 heterocycles. The molecule has 0 fully saturated rings. The lowest BCUT2D eigenvalue weighted by Gasteiger charge is -2.13. The fraction of sp³-hybridized carbons (Fsp3) is 0.300. The Morgan fingerprint density at radius 3 is 2.67 bits per heavy atom. The predicted molar refractivity (Wildman–Crippen MR) is 58.4 cm³/mol. The van der Waals surface area contributed by atoms with E-state index in [1.165, 1.54) is 14.0 Å². The maximum absolute atomic E-state index is 10.6. The van der Waals surface area contributed by atoms with E-state index in [2.05, 4.69) is 15.9 Å². The Balaban J connectivity index is 2.91. The molecule has 4 nitrogen and oxygen atoms in total. The maximum Gasteiger partial charge on any atom is 0.344 e. The second-order valence-corrected chi connectivity index (χ2v) is 3.81. The van der Waals surface area contributed by atoms with Crippen LogP contribution in [0.4, 0.5) is 0 Å². The molecule has 1 atom stereocenters. The smallest absolute Gasteiger partial charge is 0.344 e. The van der Waals surface area contributed by atoms with E-state index in [-0.39, 0.29) is 0 Å². The van der Waals surface area contributed by atoms with Crippen molar-refractivity contribution in [3.05, 3.63) is 22.7 Å². The van der Waals surface area contributed by atoms with Crippen molar-refractivity contribution in [2.24, 2.45) is 0 Å². The molecule has 1 unspecified atom stereocenters. The van der Waals surface area contributed by atoms with Gasteiger partial charge in [0.1, 0.15) is 0 Å². The summed E-state index contributed by atoms with van der Waals surface area (Å²) in [5.74, 6) is -0.106. The highest BCUT2D eigenvalue weighted by molar-refractivity contribution is 9.10. The first-order chi connectivity index (χ1) is 7.04. The molecule has 0 aliphatic heterocycles. The normalized spacial score (nSPS) is 11.9. The van der Waals surface area contributed by atoms with Crippen LogP contribution >= 0.6 is 15.9 Å². The molecule has 1 rings (SSSR count). The number of aliphatic carboxylic acids is 1. The molecule has 1 aromatic rings. The van der Waals surface area contributed by atoms with Gasteiger partial charge in [-0.3, -0.25) is 0 Å². The minimum atomic E-state index is -1.02. The molecule has 0 spiro atoms. The highest BCUT2D eigenvalue weighted by Gasteiger charge is 2.15. The third kappa shape index (κ3) is 3.13. The van der Waals surface area contributed by atoms with Crippen LogP contribution in [0.2, 0.25) is 0 Å². The van der Waals surface area contributed by atoms with E-state index in [0.29, 0.717) is 11.5 Å². The Labute approximate surface area is 95.9 Å². The quantitative estimate of drug-likeness (QED) is 0.916. The van der Waals surface area contributed by atoms with Gasteiger partial charge < -0.3 is 14.6 Å². The number of ether oxygens (including phenoxy) is 2. The van der Waals surface area contributed by atoms with Crippen molar-refractivity contribution < 1.29 is 19.4 Å². The van der Waals surface area contributed by atoms with Crippen LogP contribution < -0.4 is 9.47 Å². The molecule has 0 aliphatic carbocycles. The topological polar surface area (TPSA) is 55.8 Å². The zero-order valence-electron chi connectivity index (χ0n) is 8.36. The molecule has 0 radical (unpaired) electrons. The zero-order chi connectivity index (χ0) is 11.4. The van der Waals surface area contributed by atoms with E-state index in [1.807, 2.05) is 0 Å². The van der Waals surface area contributed by atoms with E-state index >= 15 is 0 Å². The first-order valence-electron chi connectivity index (χ1n) is 4.27. The Bertz CT molecular complexity index is 364. The fourth-order valence-corrected chi connectivity index (χ4v) is 1.32. The van der Waals surface area contributed by atoms with E-state index in [4.69, 9.17) is 14.6 Å². The van der Waals surface area contributed by atoms with Crippen molar-refractivity contribution in [1.82, 2.24) is 0 Å². The van der Waals surface area contributed by atoms with Crippen LogP contribution in [0.1, 0.15) is 6.92 Å². The molecule has 0 saturated heterocycles. The van der Waals surface area contributed by atoms with Crippen molar-refractivity contribution in [3.8, 4) is 11.5 Å². The van der Waals surface area contributed by atoms with Gasteiger partial charge in [0.15, 0.2) is 17.6 Å². The molecule has 0 saturated carbocycles. The summed E-state index contributed by atoms with van der Waals surface area (Å²) in [6.07, 6.45) is -0.909. The van der Waals surface area contributed by atoms with Gasteiger partial charge in [0.25, 0.3) is 0 Å². The highest BCUT2D eigenvalue weighted by atomic mass is 79.9. The van der Waals surface area contributed by atoms with Crippen LogP contribution in [0.5, 0.6) is 11.5 Å². The molecule has 0 bridgehead atoms. The van der Waals surface area contributed by atoms with Crippen molar-refractivity contribution in [3.63, 3.8) is 0 Å². The Kier molecular flexibility index (Phi) is 3.96. The number of hydrogen-bond donors (Lipinski definition) is 1. The molecular weight excluding hydrogens is 264 g/mol. The van der Waals surface area contributed by atoms with Crippen molar-refractivity contribution >= 4 is 21.9 Å². The number of benzene rings is 1. The number of halogens is 1. The Morgan fingerprint density at radius 1 is 1.47 bits per heavy atom. The number of methoxy groups -OCH3 is 1. The SMILES string of the molecule is COc1ccc(Br)cc1OC(C)C(=O)O. The van der Waals surface area contributed by atoms with Gasteiger partial charge in [-0.25, -0.2) is 4.79 Å². The molecule has 15 heavy (non-hydrogen) atoms. The highest BCUT2D eigenvalue weighted by Crippen LogP contribution is 2.30. The molecule has 1 N–H and O–H groups in total. The second kappa shape index (κ2) is 5.02. The van der Waals surface area contributed by atoms with E-state index in [0.717, 1.165) is 4.47 Å². The summed E-state index contributed by atoms with van der Waals surface area (Å²) >= 11 is 3.27. The van der Waals surface area contributed by atoms with Crippen LogP contribution in [-0.2, 0) is 4.79 Å². The summed E-state index contributed by atoms with van der Waals surface area (Å²) in [5.41, 5.74) is 0. The molecule has 0 aromatic heterocycles. The van der Waals surface area contributed by atoms with Gasteiger partial charge in [0.05, 0.1) is 7.11 Å². The van der Waals surface area contributed by atoms with Crippen LogP contribution in [-0.4, -0.2) is 24.3 Å². The van der Waals surface area contributed by atoms with Gasteiger partial charge in [-0.15, -0.1) is 0 Å². The van der Waals surface area contributed by atoms with Crippen molar-refractivity contribution in [2.45, 2.75) is 13.0 Å². The number of rotatable bonds is 4. The van der Waals surface area contributed by atoms with Gasteiger partial charge in [-0.05, 0) is 25.1 Å². The summed E-state index contributed by atoms with van der Waals surface area (Å²) in [5, 5.41) is 8.70. The number of carboxylic acid groups (broad SMARTS) is 1. The standard InChI is InChI=1S/C10H11BrO4/c1-6(10(12)13)15-9-5-7(11)3-4-8(9)14-2/h3-6H,1-2H3,(H,12,13). The third-order valence-electron chi connectivity index (χ3n) is 1.78. The first kappa shape index (κ1) is 11.8. The van der Waals surface area contributed by atoms with Crippen LogP contribution in [0.25, 0.3) is 0 Å². The number of hydrogen-bond acceptors (Lipinski definition) is 3. The van der Waals surface area contributed by atoms with Gasteiger partial charge in [0, 0.05) is 4.47 Å². The summed E-state index contributed by atoms with van der Waals surface area (Å²) in [7, 11) is 1.50. The summed E-state index contributed by atoms with van der Waals surface area (Å²) < 4.78 is 11.1. The minimum absolute atomic E-state index is 0.404. The largest absolute Gasteiger partial charge is 0.493 e. The fourth-order valence-electron chi connectivity index (χ4n) is 0.983. The number of carboxylic acids is 1. The van der Waals surface area contributed by atoms with Gasteiger partial charge in [-0.1, -0.05) is 15.9 Å². The molecular formula is C10H11BrO4. The van der Waals surface area contributed by atoms with Crippen LogP contribution in [0.15, 0.2) is 22.7 Å². The summed E-state index contributed by atoms with van der Waals surface area (Å²) in [6, 6.07) is 5.16. The lowest BCUT2D eigenvalue weighted by Crippen LogP contribution is -2.23. The first-order valence-corrected chi connectivity index (χ1v) is 5.07. The average Bonchev–Trinajstić information content (AvgIpc) is 2.18. The molecule has 0 aliphatic rings. The minimum Gasteiger partial charge on any atom is -0.493 e. The zero-order valence-corrected chi connectivity index (χ0v) is 9.95. The van der Waals surface area contributed by atoms with E-state index in [1.54, 1.807) is 18.2 Å². The summed E-state index contributed by atoms with van der Waals surface area (Å²) in [6.45, 7) is 1.46. The monoisotopic (exact) mass is 274 g/mol. The van der Waals surface area contributed by atoms with Gasteiger partial charge >= 0.3 is 5.97 Å². The molecule has 82 valence electrons. The van der Waals surface area contributed by atoms with Crippen molar-refractivity contribution in [1.29, 1.82) is 0 Å². The van der Waals surface area contributed by atoms with Crippen molar-refractivity contribution in [2.75, 3.05) is 7.11 Å². The average molecular weight is 275 g/mol. The Morgan fingerprint density at radius 2 is 2.13 bits per heavy atom. The van der Waals surface area contributed by atoms with E-state index < -0.39 is 12.1 Å². The summed E-state index contributed by atoms with van der Waals surface area (Å²) in [4.78, 5) is 10.6. The second-order valence-electron chi connectivity index (χ2n) is 2.89. The maximum atomic E-state index is 10.6. The van der Waals surface area contributed by atoms with E-state index in [9.17, 15) is 4.79 Å². The third-order valence-corrected chi connectivity index (χ3v) is 2.27. The number of carbonyl (C=O) groups is 1. The molecule has 5 heteroatoms. The van der Waals surface area contributed by atoms with Crippen LogP contribution in [0, 0.1) is 0 Å². The lowest BCUT2D eigenvalue weighted by atomic mass is 10.3. The van der Waals surface area contributed by atoms with Gasteiger partial charge in [0.2, 0.25) is 0 Å². The van der Waals surface area contributed by atoms with Gasteiger partial charge in [-0.2, -0.15) is 0 Å². The molecule has 1 aromatic carbocycles. The predicted octanol–water partition coefficient (Wildman–Crippen LogP) is 2.31. The Hall–Kier alpha value is -1.23. The van der Waals surface area contributed by atoms with Crippen LogP contribution in [0.3, 0.4) is 0 Å².